The van der Waals surface area contributed by atoms with Crippen LogP contribution in [0, 0.1) is 11.8 Å². The van der Waals surface area contributed by atoms with Crippen molar-refractivity contribution < 1.29 is 4.79 Å². The Kier molecular flexibility index (Phi) is 5.03. The Morgan fingerprint density at radius 1 is 1.25 bits per heavy atom. The molecule has 2 atom stereocenters. The molecule has 0 saturated carbocycles. The van der Waals surface area contributed by atoms with Crippen molar-refractivity contribution in [3.63, 3.8) is 0 Å². The lowest BCUT2D eigenvalue weighted by Gasteiger charge is -2.23. The Hall–Kier alpha value is -2.50. The van der Waals surface area contributed by atoms with E-state index in [2.05, 4.69) is 26.8 Å². The van der Waals surface area contributed by atoms with Gasteiger partial charge in [0.05, 0.1) is 11.6 Å². The molecule has 0 unspecified atom stereocenters. The number of rotatable bonds is 5. The van der Waals surface area contributed by atoms with Gasteiger partial charge in [0.1, 0.15) is 5.82 Å². The van der Waals surface area contributed by atoms with Gasteiger partial charge in [-0.05, 0) is 18.1 Å². The second kappa shape index (κ2) is 7.38. The Labute approximate surface area is 142 Å². The van der Waals surface area contributed by atoms with E-state index < -0.39 is 0 Å². The van der Waals surface area contributed by atoms with Crippen LogP contribution in [0.2, 0.25) is 0 Å². The topological polar surface area (TPSA) is 62.2 Å². The summed E-state index contributed by atoms with van der Waals surface area (Å²) in [6.07, 6.45) is 7.61. The number of hydrogen-bond acceptors (Lipinski definition) is 5. The van der Waals surface area contributed by atoms with E-state index in [1.807, 2.05) is 30.1 Å². The molecular weight excluding hydrogens is 302 g/mol. The predicted octanol–water partition coefficient (Wildman–Crippen LogP) is 1.65. The van der Waals surface area contributed by atoms with Gasteiger partial charge in [-0.1, -0.05) is 13.0 Å². The summed E-state index contributed by atoms with van der Waals surface area (Å²) < 4.78 is 0. The standard InChI is InChI=1S/C18H23N5O/c1-14-12-23(17-5-3-4-7-21-17)13-16(14)18(24)22(2)10-6-15-11-19-8-9-20-15/h3-5,7-9,11,14,16H,6,10,12-13H2,1-2H3/t14-,16-/m1/s1. The molecular formula is C18H23N5O. The first-order valence-corrected chi connectivity index (χ1v) is 8.31. The molecule has 24 heavy (non-hydrogen) atoms. The first-order valence-electron chi connectivity index (χ1n) is 8.31. The van der Waals surface area contributed by atoms with Crippen LogP contribution in [0.1, 0.15) is 12.6 Å². The van der Waals surface area contributed by atoms with Crippen LogP contribution in [0.4, 0.5) is 5.82 Å². The molecule has 2 aromatic rings. The number of carbonyl (C=O) groups is 1. The van der Waals surface area contributed by atoms with E-state index in [4.69, 9.17) is 0 Å². The van der Waals surface area contributed by atoms with Crippen LogP contribution in [0.25, 0.3) is 0 Å². The van der Waals surface area contributed by atoms with E-state index in [1.54, 1.807) is 24.8 Å². The van der Waals surface area contributed by atoms with E-state index in [9.17, 15) is 4.79 Å². The summed E-state index contributed by atoms with van der Waals surface area (Å²) in [7, 11) is 1.87. The Morgan fingerprint density at radius 2 is 2.12 bits per heavy atom. The van der Waals surface area contributed by atoms with Crippen LogP contribution in [0.15, 0.2) is 43.0 Å². The molecule has 0 spiro atoms. The van der Waals surface area contributed by atoms with Crippen molar-refractivity contribution in [3.05, 3.63) is 48.7 Å². The van der Waals surface area contributed by atoms with Gasteiger partial charge >= 0.3 is 0 Å². The van der Waals surface area contributed by atoms with E-state index >= 15 is 0 Å². The Bertz CT molecular complexity index is 664. The average Bonchev–Trinajstić information content (AvgIpc) is 3.02. The lowest BCUT2D eigenvalue weighted by atomic mass is 9.97. The summed E-state index contributed by atoms with van der Waals surface area (Å²) >= 11 is 0. The average molecular weight is 325 g/mol. The highest BCUT2D eigenvalue weighted by Crippen LogP contribution is 2.28. The van der Waals surface area contributed by atoms with Crippen LogP contribution in [-0.4, -0.2) is 52.4 Å². The number of amides is 1. The second-order valence-corrected chi connectivity index (χ2v) is 6.38. The fourth-order valence-corrected chi connectivity index (χ4v) is 3.15. The van der Waals surface area contributed by atoms with Gasteiger partial charge in [-0.2, -0.15) is 0 Å². The summed E-state index contributed by atoms with van der Waals surface area (Å²) in [4.78, 5) is 29.5. The van der Waals surface area contributed by atoms with Crippen molar-refractivity contribution in [2.24, 2.45) is 11.8 Å². The molecule has 1 fully saturated rings. The molecule has 0 aliphatic carbocycles. The smallest absolute Gasteiger partial charge is 0.227 e. The third-order valence-electron chi connectivity index (χ3n) is 4.60. The highest BCUT2D eigenvalue weighted by atomic mass is 16.2. The number of hydrogen-bond donors (Lipinski definition) is 0. The lowest BCUT2D eigenvalue weighted by molar-refractivity contribution is -0.134. The van der Waals surface area contributed by atoms with Gasteiger partial charge in [0, 0.05) is 57.9 Å². The summed E-state index contributed by atoms with van der Waals surface area (Å²) in [6, 6.07) is 5.89. The van der Waals surface area contributed by atoms with Crippen LogP contribution < -0.4 is 4.90 Å². The highest BCUT2D eigenvalue weighted by molar-refractivity contribution is 5.80. The minimum Gasteiger partial charge on any atom is -0.356 e. The third-order valence-corrected chi connectivity index (χ3v) is 4.60. The maximum atomic E-state index is 12.8. The van der Waals surface area contributed by atoms with Gasteiger partial charge in [-0.15, -0.1) is 0 Å². The fourth-order valence-electron chi connectivity index (χ4n) is 3.15. The first kappa shape index (κ1) is 16.4. The summed E-state index contributed by atoms with van der Waals surface area (Å²) in [6.45, 7) is 4.39. The van der Waals surface area contributed by atoms with Crippen molar-refractivity contribution in [2.45, 2.75) is 13.3 Å². The van der Waals surface area contributed by atoms with E-state index in [0.29, 0.717) is 12.5 Å². The van der Waals surface area contributed by atoms with Gasteiger partial charge in [0.15, 0.2) is 0 Å². The van der Waals surface area contributed by atoms with Crippen molar-refractivity contribution in [1.82, 2.24) is 19.9 Å². The molecule has 1 saturated heterocycles. The summed E-state index contributed by atoms with van der Waals surface area (Å²) in [5.74, 6) is 1.48. The van der Waals surface area contributed by atoms with Crippen molar-refractivity contribution in [3.8, 4) is 0 Å². The van der Waals surface area contributed by atoms with Crippen molar-refractivity contribution in [1.29, 1.82) is 0 Å². The van der Waals surface area contributed by atoms with E-state index in [1.165, 1.54) is 0 Å². The molecule has 3 heterocycles. The summed E-state index contributed by atoms with van der Waals surface area (Å²) in [5.41, 5.74) is 0.909. The number of nitrogens with zero attached hydrogens (tertiary/aromatic N) is 5. The largest absolute Gasteiger partial charge is 0.356 e. The van der Waals surface area contributed by atoms with Crippen LogP contribution in [0.3, 0.4) is 0 Å². The molecule has 2 aromatic heterocycles. The fraction of sp³-hybridized carbons (Fsp3) is 0.444. The zero-order valence-corrected chi connectivity index (χ0v) is 14.2. The quantitative estimate of drug-likeness (QED) is 0.836. The molecule has 1 aliphatic rings. The molecule has 6 nitrogen and oxygen atoms in total. The SMILES string of the molecule is C[C@@H]1CN(c2ccccn2)C[C@H]1C(=O)N(C)CCc1cnccn1. The monoisotopic (exact) mass is 325 g/mol. The van der Waals surface area contributed by atoms with Crippen molar-refractivity contribution >= 4 is 11.7 Å². The minimum atomic E-state index is 0.0128. The number of carbonyl (C=O) groups excluding carboxylic acids is 1. The molecule has 1 aliphatic heterocycles. The minimum absolute atomic E-state index is 0.0128. The van der Waals surface area contributed by atoms with Gasteiger partial charge in [-0.25, -0.2) is 4.98 Å². The van der Waals surface area contributed by atoms with E-state index in [0.717, 1.165) is 31.0 Å². The number of anilines is 1. The van der Waals surface area contributed by atoms with Crippen LogP contribution in [0.5, 0.6) is 0 Å². The Morgan fingerprint density at radius 3 is 2.83 bits per heavy atom. The lowest BCUT2D eigenvalue weighted by Crippen LogP contribution is -2.37. The molecule has 0 bridgehead atoms. The third kappa shape index (κ3) is 3.69. The zero-order valence-electron chi connectivity index (χ0n) is 14.2. The van der Waals surface area contributed by atoms with Crippen LogP contribution >= 0.6 is 0 Å². The Balaban J connectivity index is 1.58. The van der Waals surface area contributed by atoms with Gasteiger partial charge in [-0.3, -0.25) is 14.8 Å². The molecule has 3 rings (SSSR count). The molecule has 0 aromatic carbocycles. The van der Waals surface area contributed by atoms with Crippen molar-refractivity contribution in [2.75, 3.05) is 31.6 Å². The van der Waals surface area contributed by atoms with Crippen LogP contribution in [-0.2, 0) is 11.2 Å². The number of pyridine rings is 1. The first-order chi connectivity index (χ1) is 11.6. The maximum absolute atomic E-state index is 12.8. The molecule has 126 valence electrons. The van der Waals surface area contributed by atoms with Gasteiger partial charge in [0.25, 0.3) is 0 Å². The molecule has 1 amide bonds. The van der Waals surface area contributed by atoms with Gasteiger partial charge in [0.2, 0.25) is 5.91 Å². The normalized spacial score (nSPS) is 20.2. The van der Waals surface area contributed by atoms with E-state index in [-0.39, 0.29) is 11.8 Å². The summed E-state index contributed by atoms with van der Waals surface area (Å²) in [5, 5.41) is 0. The maximum Gasteiger partial charge on any atom is 0.227 e. The molecule has 6 heteroatoms. The second-order valence-electron chi connectivity index (χ2n) is 6.38. The molecule has 0 N–H and O–H groups in total. The zero-order chi connectivity index (χ0) is 16.9. The predicted molar refractivity (Wildman–Crippen MR) is 92.5 cm³/mol. The molecule has 0 radical (unpaired) electrons. The van der Waals surface area contributed by atoms with Gasteiger partial charge < -0.3 is 9.80 Å². The highest BCUT2D eigenvalue weighted by Gasteiger charge is 2.36. The number of aromatic nitrogens is 3. The number of likely N-dealkylation sites (N-methyl/N-ethyl adjacent to an activating group) is 1.